The molecule has 0 heterocycles. The minimum atomic E-state index is 0.108. The Hall–Kier alpha value is -0.960. The molecule has 0 saturated carbocycles. The van der Waals surface area contributed by atoms with Crippen molar-refractivity contribution >= 4 is 22.6 Å². The zero-order valence-electron chi connectivity index (χ0n) is 7.83. The van der Waals surface area contributed by atoms with Gasteiger partial charge in [-0.3, -0.25) is 4.79 Å². The largest absolute Gasteiger partial charge is 0.385 e. The molecule has 1 aromatic carbocycles. The van der Waals surface area contributed by atoms with Crippen molar-refractivity contribution in [2.45, 2.75) is 6.92 Å². The van der Waals surface area contributed by atoms with Crippen molar-refractivity contribution in [3.05, 3.63) is 29.8 Å². The highest BCUT2D eigenvalue weighted by Crippen LogP contribution is 2.19. The maximum absolute atomic E-state index is 11.4. The van der Waals surface area contributed by atoms with Gasteiger partial charge >= 0.3 is 0 Å². The molecule has 0 amide bonds. The molecule has 0 aliphatic heterocycles. The first-order chi connectivity index (χ1) is 6.29. The smallest absolute Gasteiger partial charge is 0.221 e. The van der Waals surface area contributed by atoms with E-state index in [0.29, 0.717) is 0 Å². The summed E-state index contributed by atoms with van der Waals surface area (Å²) in [7, 11) is 0. The van der Waals surface area contributed by atoms with Gasteiger partial charge in [-0.1, -0.05) is 23.9 Å². The van der Waals surface area contributed by atoms with Crippen LogP contribution in [0.2, 0.25) is 0 Å². The lowest BCUT2D eigenvalue weighted by Crippen LogP contribution is -2.03. The van der Waals surface area contributed by atoms with Crippen molar-refractivity contribution in [3.63, 3.8) is 0 Å². The number of hydrogen-bond donors (Lipinski definition) is 1. The molecule has 0 atom stereocenters. The standard InChI is InChI=1S/C10H13NOS/c1-3-11-9-7-5-4-6-8(9)10(12)13-2/h4-7,11H,3H2,1-2H3. The Morgan fingerprint density at radius 2 is 2.15 bits per heavy atom. The number of thioether (sulfide) groups is 1. The van der Waals surface area contributed by atoms with E-state index in [4.69, 9.17) is 0 Å². The molecule has 3 heteroatoms. The van der Waals surface area contributed by atoms with Gasteiger partial charge in [-0.2, -0.15) is 0 Å². The van der Waals surface area contributed by atoms with Crippen LogP contribution in [0.15, 0.2) is 24.3 Å². The quantitative estimate of drug-likeness (QED) is 0.803. The second kappa shape index (κ2) is 4.92. The molecular formula is C10H13NOS. The molecule has 0 saturated heterocycles. The summed E-state index contributed by atoms with van der Waals surface area (Å²) >= 11 is 1.24. The second-order valence-electron chi connectivity index (χ2n) is 2.57. The summed E-state index contributed by atoms with van der Waals surface area (Å²) in [5, 5.41) is 3.27. The normalized spacial score (nSPS) is 9.69. The SMILES string of the molecule is CCNc1ccccc1C(=O)SC. The monoisotopic (exact) mass is 195 g/mol. The van der Waals surface area contributed by atoms with E-state index in [-0.39, 0.29) is 5.12 Å². The van der Waals surface area contributed by atoms with Gasteiger partial charge in [-0.05, 0) is 25.3 Å². The Morgan fingerprint density at radius 1 is 1.46 bits per heavy atom. The highest BCUT2D eigenvalue weighted by atomic mass is 32.2. The molecule has 0 aliphatic carbocycles. The average molecular weight is 195 g/mol. The summed E-state index contributed by atoms with van der Waals surface area (Å²) in [4.78, 5) is 11.4. The molecule has 0 spiro atoms. The maximum atomic E-state index is 11.4. The third kappa shape index (κ3) is 2.49. The fourth-order valence-corrected chi connectivity index (χ4v) is 1.51. The summed E-state index contributed by atoms with van der Waals surface area (Å²) in [6.07, 6.45) is 1.80. The van der Waals surface area contributed by atoms with Gasteiger partial charge in [0.05, 0.1) is 5.56 Å². The van der Waals surface area contributed by atoms with Crippen molar-refractivity contribution < 1.29 is 4.79 Å². The fraction of sp³-hybridized carbons (Fsp3) is 0.300. The van der Waals surface area contributed by atoms with Gasteiger partial charge in [0.1, 0.15) is 0 Å². The van der Waals surface area contributed by atoms with E-state index in [9.17, 15) is 4.79 Å². The van der Waals surface area contributed by atoms with Crippen LogP contribution in [0.5, 0.6) is 0 Å². The van der Waals surface area contributed by atoms with Gasteiger partial charge in [0.25, 0.3) is 0 Å². The average Bonchev–Trinajstić information content (AvgIpc) is 2.18. The molecule has 1 aromatic rings. The summed E-state index contributed by atoms with van der Waals surface area (Å²) in [5.41, 5.74) is 1.68. The van der Waals surface area contributed by atoms with Crippen LogP contribution in [0.4, 0.5) is 5.69 Å². The van der Waals surface area contributed by atoms with Crippen molar-refractivity contribution in [3.8, 4) is 0 Å². The summed E-state index contributed by atoms with van der Waals surface area (Å²) < 4.78 is 0. The highest BCUT2D eigenvalue weighted by Gasteiger charge is 2.07. The third-order valence-electron chi connectivity index (χ3n) is 1.70. The van der Waals surface area contributed by atoms with Crippen molar-refractivity contribution in [2.75, 3.05) is 18.1 Å². The maximum Gasteiger partial charge on any atom is 0.221 e. The van der Waals surface area contributed by atoms with Gasteiger partial charge in [0.2, 0.25) is 5.12 Å². The van der Waals surface area contributed by atoms with Gasteiger partial charge in [0.15, 0.2) is 0 Å². The predicted octanol–water partition coefficient (Wildman–Crippen LogP) is 2.62. The zero-order chi connectivity index (χ0) is 9.68. The van der Waals surface area contributed by atoms with Crippen LogP contribution in [0.25, 0.3) is 0 Å². The molecule has 0 radical (unpaired) electrons. The Labute approximate surface area is 82.7 Å². The van der Waals surface area contributed by atoms with Gasteiger partial charge in [0, 0.05) is 12.2 Å². The van der Waals surface area contributed by atoms with E-state index in [0.717, 1.165) is 17.8 Å². The molecular weight excluding hydrogens is 182 g/mol. The van der Waals surface area contributed by atoms with Crippen LogP contribution in [0.3, 0.4) is 0 Å². The van der Waals surface area contributed by atoms with Crippen molar-refractivity contribution in [2.24, 2.45) is 0 Å². The first-order valence-electron chi connectivity index (χ1n) is 4.20. The molecule has 70 valence electrons. The van der Waals surface area contributed by atoms with E-state index in [2.05, 4.69) is 5.32 Å². The van der Waals surface area contributed by atoms with Crippen molar-refractivity contribution in [1.82, 2.24) is 0 Å². The molecule has 13 heavy (non-hydrogen) atoms. The molecule has 0 aromatic heterocycles. The first kappa shape index (κ1) is 10.1. The molecule has 0 bridgehead atoms. The highest BCUT2D eigenvalue weighted by molar-refractivity contribution is 8.13. The van der Waals surface area contributed by atoms with Crippen LogP contribution in [0, 0.1) is 0 Å². The Morgan fingerprint density at radius 3 is 2.77 bits per heavy atom. The fourth-order valence-electron chi connectivity index (χ4n) is 1.12. The predicted molar refractivity (Wildman–Crippen MR) is 58.5 cm³/mol. The number of rotatable bonds is 3. The molecule has 1 N–H and O–H groups in total. The minimum absolute atomic E-state index is 0.108. The minimum Gasteiger partial charge on any atom is -0.385 e. The number of benzene rings is 1. The molecule has 0 fully saturated rings. The van der Waals surface area contributed by atoms with Crippen LogP contribution >= 0.6 is 11.8 Å². The van der Waals surface area contributed by atoms with E-state index in [1.807, 2.05) is 31.2 Å². The third-order valence-corrected chi connectivity index (χ3v) is 2.29. The number of carbonyl (C=O) groups excluding carboxylic acids is 1. The summed E-state index contributed by atoms with van der Waals surface area (Å²) in [5.74, 6) is 0. The number of anilines is 1. The Bertz CT molecular complexity index is 299. The molecule has 0 aliphatic rings. The molecule has 1 rings (SSSR count). The summed E-state index contributed by atoms with van der Waals surface area (Å²) in [6, 6.07) is 7.57. The first-order valence-corrected chi connectivity index (χ1v) is 5.43. The molecule has 2 nitrogen and oxygen atoms in total. The number of nitrogens with one attached hydrogen (secondary N) is 1. The van der Waals surface area contributed by atoms with Crippen LogP contribution in [-0.2, 0) is 0 Å². The lowest BCUT2D eigenvalue weighted by atomic mass is 10.2. The number of carbonyl (C=O) groups is 1. The van der Waals surface area contributed by atoms with Crippen LogP contribution in [0.1, 0.15) is 17.3 Å². The lowest BCUT2D eigenvalue weighted by molar-refractivity contribution is 0.109. The van der Waals surface area contributed by atoms with E-state index < -0.39 is 0 Å². The van der Waals surface area contributed by atoms with Gasteiger partial charge < -0.3 is 5.32 Å². The van der Waals surface area contributed by atoms with Gasteiger partial charge in [-0.15, -0.1) is 0 Å². The topological polar surface area (TPSA) is 29.1 Å². The van der Waals surface area contributed by atoms with E-state index in [1.54, 1.807) is 6.26 Å². The van der Waals surface area contributed by atoms with Crippen LogP contribution in [-0.4, -0.2) is 17.9 Å². The summed E-state index contributed by atoms with van der Waals surface area (Å²) in [6.45, 7) is 2.85. The lowest BCUT2D eigenvalue weighted by Gasteiger charge is -2.07. The zero-order valence-corrected chi connectivity index (χ0v) is 8.65. The van der Waals surface area contributed by atoms with E-state index >= 15 is 0 Å². The number of hydrogen-bond acceptors (Lipinski definition) is 3. The van der Waals surface area contributed by atoms with Gasteiger partial charge in [-0.25, -0.2) is 0 Å². The Kier molecular flexibility index (Phi) is 3.83. The van der Waals surface area contributed by atoms with Crippen molar-refractivity contribution in [1.29, 1.82) is 0 Å². The van der Waals surface area contributed by atoms with Crippen LogP contribution < -0.4 is 5.32 Å². The van der Waals surface area contributed by atoms with E-state index in [1.165, 1.54) is 11.8 Å². The second-order valence-corrected chi connectivity index (χ2v) is 3.35. The number of para-hydroxylation sites is 1. The Balaban J connectivity index is 2.97. The molecule has 0 unspecified atom stereocenters.